The van der Waals surface area contributed by atoms with Gasteiger partial charge in [-0.05, 0) is 62.4 Å². The Bertz CT molecular complexity index is 1230. The van der Waals surface area contributed by atoms with E-state index in [2.05, 4.69) is 15.3 Å². The molecule has 0 fully saturated rings. The van der Waals surface area contributed by atoms with E-state index < -0.39 is 5.97 Å². The van der Waals surface area contributed by atoms with Gasteiger partial charge in [-0.25, -0.2) is 14.8 Å². The number of esters is 1. The van der Waals surface area contributed by atoms with E-state index in [1.165, 1.54) is 0 Å². The average Bonchev–Trinajstić information content (AvgIpc) is 2.71. The molecule has 4 aromatic rings. The number of benzene rings is 3. The minimum absolute atomic E-state index is 0.212. The van der Waals surface area contributed by atoms with E-state index in [9.17, 15) is 9.59 Å². The highest BCUT2D eigenvalue weighted by Crippen LogP contribution is 2.19. The first-order valence-electron chi connectivity index (χ1n) is 9.28. The number of anilines is 1. The third-order valence-electron chi connectivity index (χ3n) is 4.30. The first-order valence-corrected chi connectivity index (χ1v) is 9.28. The highest BCUT2D eigenvalue weighted by Gasteiger charge is 2.12. The number of hydrogen-bond acceptors (Lipinski definition) is 5. The summed E-state index contributed by atoms with van der Waals surface area (Å²) >= 11 is 0. The fraction of sp³-hybridized carbons (Fsp3) is 0.130. The lowest BCUT2D eigenvalue weighted by atomic mass is 10.1. The molecule has 29 heavy (non-hydrogen) atoms. The molecular weight excluding hydrogens is 366 g/mol. The van der Waals surface area contributed by atoms with Crippen molar-refractivity contribution in [1.82, 2.24) is 9.97 Å². The topological polar surface area (TPSA) is 81.2 Å². The molecule has 1 N–H and O–H groups in total. The Kier molecular flexibility index (Phi) is 4.91. The smallest absolute Gasteiger partial charge is 0.338 e. The van der Waals surface area contributed by atoms with Crippen molar-refractivity contribution >= 4 is 39.6 Å². The first-order chi connectivity index (χ1) is 14.0. The molecule has 144 valence electrons. The maximum absolute atomic E-state index is 12.7. The Hall–Kier alpha value is -3.80. The summed E-state index contributed by atoms with van der Waals surface area (Å²) in [6.07, 6.45) is -0.212. The number of carbonyl (C=O) groups excluding carboxylic acids is 2. The molecule has 0 saturated carbocycles. The zero-order valence-electron chi connectivity index (χ0n) is 16.0. The van der Waals surface area contributed by atoms with Crippen LogP contribution in [-0.2, 0) is 4.74 Å². The van der Waals surface area contributed by atoms with Crippen molar-refractivity contribution in [1.29, 1.82) is 0 Å². The zero-order chi connectivity index (χ0) is 20.4. The van der Waals surface area contributed by atoms with Crippen LogP contribution in [0.4, 0.5) is 5.69 Å². The van der Waals surface area contributed by atoms with Crippen molar-refractivity contribution in [2.45, 2.75) is 20.0 Å². The van der Waals surface area contributed by atoms with Crippen LogP contribution in [0.1, 0.15) is 34.6 Å². The lowest BCUT2D eigenvalue weighted by Crippen LogP contribution is -2.14. The molecule has 6 nitrogen and oxygen atoms in total. The van der Waals surface area contributed by atoms with Crippen LogP contribution >= 0.6 is 0 Å². The van der Waals surface area contributed by atoms with E-state index in [1.54, 1.807) is 56.3 Å². The number of amides is 1. The van der Waals surface area contributed by atoms with Gasteiger partial charge in [0.2, 0.25) is 0 Å². The van der Waals surface area contributed by atoms with E-state index in [1.807, 2.05) is 24.3 Å². The van der Waals surface area contributed by atoms with Crippen LogP contribution in [-0.4, -0.2) is 27.9 Å². The van der Waals surface area contributed by atoms with Crippen LogP contribution in [0.25, 0.3) is 22.1 Å². The lowest BCUT2D eigenvalue weighted by Gasteiger charge is -2.10. The molecule has 1 heterocycles. The average molecular weight is 385 g/mol. The molecule has 0 radical (unpaired) electrons. The number of ether oxygens (including phenoxy) is 1. The summed E-state index contributed by atoms with van der Waals surface area (Å²) < 4.78 is 5.20. The quantitative estimate of drug-likeness (QED) is 0.410. The van der Waals surface area contributed by atoms with Crippen molar-refractivity contribution in [2.24, 2.45) is 0 Å². The SMILES string of the molecule is CC(C)OC(=O)c1cccc(NC(=O)c2ccc3nc4ccccc4nc3c2)c1. The predicted molar refractivity (Wildman–Crippen MR) is 112 cm³/mol. The Labute approximate surface area is 167 Å². The summed E-state index contributed by atoms with van der Waals surface area (Å²) in [7, 11) is 0. The van der Waals surface area contributed by atoms with Gasteiger partial charge in [-0.3, -0.25) is 4.79 Å². The summed E-state index contributed by atoms with van der Waals surface area (Å²) in [6, 6.07) is 19.5. The standard InChI is InChI=1S/C23H19N3O3/c1-14(2)29-23(28)16-6-5-7-17(12-16)24-22(27)15-10-11-20-21(13-15)26-19-9-4-3-8-18(19)25-20/h3-14H,1-2H3,(H,24,27). The fourth-order valence-corrected chi connectivity index (χ4v) is 2.97. The van der Waals surface area contributed by atoms with Crippen molar-refractivity contribution in [3.63, 3.8) is 0 Å². The van der Waals surface area contributed by atoms with Gasteiger partial charge in [0, 0.05) is 11.3 Å². The molecule has 4 rings (SSSR count). The van der Waals surface area contributed by atoms with Gasteiger partial charge in [-0.1, -0.05) is 18.2 Å². The largest absolute Gasteiger partial charge is 0.459 e. The molecular formula is C23H19N3O3. The molecule has 0 unspecified atom stereocenters. The van der Waals surface area contributed by atoms with Gasteiger partial charge >= 0.3 is 5.97 Å². The first kappa shape index (κ1) is 18.6. The maximum atomic E-state index is 12.7. The van der Waals surface area contributed by atoms with Gasteiger partial charge in [0.15, 0.2) is 0 Å². The summed E-state index contributed by atoms with van der Waals surface area (Å²) in [6.45, 7) is 3.57. The van der Waals surface area contributed by atoms with Crippen LogP contribution in [0.5, 0.6) is 0 Å². The van der Waals surface area contributed by atoms with Crippen LogP contribution < -0.4 is 5.32 Å². The third kappa shape index (κ3) is 4.06. The van der Waals surface area contributed by atoms with Crippen molar-refractivity contribution < 1.29 is 14.3 Å². The van der Waals surface area contributed by atoms with Crippen LogP contribution in [0, 0.1) is 0 Å². The molecule has 0 aliphatic carbocycles. The molecule has 0 aliphatic rings. The van der Waals surface area contributed by atoms with Crippen molar-refractivity contribution in [3.8, 4) is 0 Å². The number of nitrogens with one attached hydrogen (secondary N) is 1. The van der Waals surface area contributed by atoms with Gasteiger partial charge in [0.1, 0.15) is 0 Å². The van der Waals surface area contributed by atoms with E-state index in [-0.39, 0.29) is 12.0 Å². The number of rotatable bonds is 4. The second-order valence-corrected chi connectivity index (χ2v) is 6.90. The molecule has 0 bridgehead atoms. The second-order valence-electron chi connectivity index (χ2n) is 6.90. The van der Waals surface area contributed by atoms with E-state index >= 15 is 0 Å². The maximum Gasteiger partial charge on any atom is 0.338 e. The number of carbonyl (C=O) groups is 2. The predicted octanol–water partition coefficient (Wildman–Crippen LogP) is 4.60. The van der Waals surface area contributed by atoms with Crippen molar-refractivity contribution in [2.75, 3.05) is 5.32 Å². The van der Waals surface area contributed by atoms with E-state index in [4.69, 9.17) is 4.74 Å². The normalized spacial score (nSPS) is 11.0. The number of fused-ring (bicyclic) bond motifs is 2. The minimum atomic E-state index is -0.427. The van der Waals surface area contributed by atoms with Gasteiger partial charge in [-0.15, -0.1) is 0 Å². The van der Waals surface area contributed by atoms with Gasteiger partial charge in [-0.2, -0.15) is 0 Å². The molecule has 0 atom stereocenters. The van der Waals surface area contributed by atoms with E-state index in [0.29, 0.717) is 22.3 Å². The van der Waals surface area contributed by atoms with E-state index in [0.717, 1.165) is 16.6 Å². The number of aromatic nitrogens is 2. The zero-order valence-corrected chi connectivity index (χ0v) is 16.0. The Morgan fingerprint density at radius 3 is 2.21 bits per heavy atom. The number of nitrogens with zero attached hydrogens (tertiary/aromatic N) is 2. The summed E-state index contributed by atoms with van der Waals surface area (Å²) in [5.74, 6) is -0.722. The molecule has 0 spiro atoms. The Morgan fingerprint density at radius 2 is 1.48 bits per heavy atom. The number of hydrogen-bond donors (Lipinski definition) is 1. The Morgan fingerprint density at radius 1 is 0.793 bits per heavy atom. The van der Waals surface area contributed by atoms with Gasteiger partial charge in [0.25, 0.3) is 5.91 Å². The lowest BCUT2D eigenvalue weighted by molar-refractivity contribution is 0.0377. The molecule has 6 heteroatoms. The molecule has 3 aromatic carbocycles. The number of para-hydroxylation sites is 2. The monoisotopic (exact) mass is 385 g/mol. The van der Waals surface area contributed by atoms with Crippen LogP contribution in [0.3, 0.4) is 0 Å². The Balaban J connectivity index is 1.59. The van der Waals surface area contributed by atoms with Gasteiger partial charge < -0.3 is 10.1 Å². The molecule has 0 aliphatic heterocycles. The summed E-state index contributed by atoms with van der Waals surface area (Å²) in [5, 5.41) is 2.81. The second kappa shape index (κ2) is 7.67. The van der Waals surface area contributed by atoms with Gasteiger partial charge in [0.05, 0.1) is 33.7 Å². The molecule has 1 aromatic heterocycles. The summed E-state index contributed by atoms with van der Waals surface area (Å²) in [5.41, 5.74) is 4.29. The molecule has 0 saturated heterocycles. The summed E-state index contributed by atoms with van der Waals surface area (Å²) in [4.78, 5) is 33.9. The highest BCUT2D eigenvalue weighted by molar-refractivity contribution is 6.06. The fourth-order valence-electron chi connectivity index (χ4n) is 2.97. The van der Waals surface area contributed by atoms with Crippen LogP contribution in [0.15, 0.2) is 66.7 Å². The third-order valence-corrected chi connectivity index (χ3v) is 4.30. The van der Waals surface area contributed by atoms with Crippen LogP contribution in [0.2, 0.25) is 0 Å². The highest BCUT2D eigenvalue weighted by atomic mass is 16.5. The molecule has 1 amide bonds. The van der Waals surface area contributed by atoms with Crippen molar-refractivity contribution in [3.05, 3.63) is 77.9 Å². The minimum Gasteiger partial charge on any atom is -0.459 e.